The fourth-order valence-electron chi connectivity index (χ4n) is 3.53. The Morgan fingerprint density at radius 3 is 2.93 bits per heavy atom. The number of ether oxygens (including phenoxy) is 1. The quantitative estimate of drug-likeness (QED) is 0.670. The first-order valence-electron chi connectivity index (χ1n) is 9.39. The first kappa shape index (κ1) is 19.3. The summed E-state index contributed by atoms with van der Waals surface area (Å²) in [6.45, 7) is 1.42. The largest absolute Gasteiger partial charge is 0.492 e. The molecular formula is C21H22ClN5O2. The number of hydrogen-bond donors (Lipinski definition) is 2. The van der Waals surface area contributed by atoms with Gasteiger partial charge in [-0.25, -0.2) is 4.79 Å². The number of amides is 2. The van der Waals surface area contributed by atoms with E-state index in [2.05, 4.69) is 10.4 Å². The van der Waals surface area contributed by atoms with Crippen LogP contribution in [0.15, 0.2) is 48.7 Å². The summed E-state index contributed by atoms with van der Waals surface area (Å²) in [7, 11) is 1.86. The number of carbonyl (C=O) groups excluding carboxylic acids is 1. The molecule has 0 spiro atoms. The first-order valence-corrected chi connectivity index (χ1v) is 9.77. The molecule has 2 heterocycles. The van der Waals surface area contributed by atoms with Crippen LogP contribution in [0.5, 0.6) is 5.75 Å². The summed E-state index contributed by atoms with van der Waals surface area (Å²) in [6.07, 6.45) is 2.47. The fourth-order valence-corrected chi connectivity index (χ4v) is 3.80. The van der Waals surface area contributed by atoms with E-state index in [0.29, 0.717) is 36.2 Å². The summed E-state index contributed by atoms with van der Waals surface area (Å²) in [4.78, 5) is 14.6. The molecule has 4 rings (SSSR count). The van der Waals surface area contributed by atoms with E-state index in [1.807, 2.05) is 49.5 Å². The van der Waals surface area contributed by atoms with E-state index in [9.17, 15) is 4.79 Å². The lowest BCUT2D eigenvalue weighted by Crippen LogP contribution is -2.33. The van der Waals surface area contributed by atoms with Crippen LogP contribution >= 0.6 is 11.6 Å². The highest BCUT2D eigenvalue weighted by Gasteiger charge is 2.26. The number of carbonyl (C=O) groups is 1. The predicted octanol–water partition coefficient (Wildman–Crippen LogP) is 3.67. The predicted molar refractivity (Wildman–Crippen MR) is 115 cm³/mol. The lowest BCUT2D eigenvalue weighted by molar-refractivity contribution is 0.257. The maximum atomic E-state index is 12.9. The van der Waals surface area contributed by atoms with Gasteiger partial charge in [0.1, 0.15) is 12.4 Å². The second-order valence-electron chi connectivity index (χ2n) is 6.76. The number of anilines is 2. The Labute approximate surface area is 174 Å². The van der Waals surface area contributed by atoms with Gasteiger partial charge in [0, 0.05) is 42.6 Å². The minimum Gasteiger partial charge on any atom is -0.492 e. The Morgan fingerprint density at radius 1 is 1.31 bits per heavy atom. The van der Waals surface area contributed by atoms with Crippen LogP contribution in [-0.4, -0.2) is 35.5 Å². The van der Waals surface area contributed by atoms with Gasteiger partial charge in [-0.3, -0.25) is 9.58 Å². The summed E-state index contributed by atoms with van der Waals surface area (Å²) in [5.41, 5.74) is 9.82. The van der Waals surface area contributed by atoms with E-state index < -0.39 is 0 Å². The SMILES string of the molecule is Cn1nccc1-c1cc(NC(=O)N2CCc3c(Cl)cccc32)ccc1OCCN. The molecule has 2 amide bonds. The average molecular weight is 412 g/mol. The summed E-state index contributed by atoms with van der Waals surface area (Å²) < 4.78 is 7.54. The van der Waals surface area contributed by atoms with Gasteiger partial charge >= 0.3 is 6.03 Å². The van der Waals surface area contributed by atoms with Crippen LogP contribution in [0.4, 0.5) is 16.2 Å². The van der Waals surface area contributed by atoms with Gasteiger partial charge in [-0.05, 0) is 48.4 Å². The van der Waals surface area contributed by atoms with E-state index in [1.165, 1.54) is 0 Å². The Morgan fingerprint density at radius 2 is 2.17 bits per heavy atom. The number of hydrogen-bond acceptors (Lipinski definition) is 4. The van der Waals surface area contributed by atoms with Crippen molar-refractivity contribution in [2.24, 2.45) is 12.8 Å². The highest BCUT2D eigenvalue weighted by molar-refractivity contribution is 6.32. The third kappa shape index (κ3) is 3.79. The fraction of sp³-hybridized carbons (Fsp3) is 0.238. The highest BCUT2D eigenvalue weighted by Crippen LogP contribution is 2.35. The molecular weight excluding hydrogens is 390 g/mol. The van der Waals surface area contributed by atoms with Gasteiger partial charge in [-0.1, -0.05) is 17.7 Å². The second kappa shape index (κ2) is 8.14. The number of benzene rings is 2. The zero-order valence-corrected chi connectivity index (χ0v) is 16.8. The molecule has 0 saturated carbocycles. The topological polar surface area (TPSA) is 85.4 Å². The van der Waals surface area contributed by atoms with E-state index in [0.717, 1.165) is 28.9 Å². The molecule has 0 unspecified atom stereocenters. The lowest BCUT2D eigenvalue weighted by atomic mass is 10.1. The van der Waals surface area contributed by atoms with Crippen LogP contribution in [0.2, 0.25) is 5.02 Å². The minimum atomic E-state index is -0.197. The molecule has 1 aliphatic heterocycles. The Balaban J connectivity index is 1.61. The number of aromatic nitrogens is 2. The third-order valence-corrected chi connectivity index (χ3v) is 5.27. The summed E-state index contributed by atoms with van der Waals surface area (Å²) >= 11 is 6.26. The van der Waals surface area contributed by atoms with Gasteiger partial charge in [0.2, 0.25) is 0 Å². The van der Waals surface area contributed by atoms with Gasteiger partial charge in [-0.15, -0.1) is 0 Å². The van der Waals surface area contributed by atoms with Crippen molar-refractivity contribution in [3.05, 3.63) is 59.2 Å². The monoisotopic (exact) mass is 411 g/mol. The molecule has 0 fully saturated rings. The van der Waals surface area contributed by atoms with Crippen molar-refractivity contribution in [1.29, 1.82) is 0 Å². The standard InChI is InChI=1S/C21H22ClN5O2/c1-26-18(7-10-24-26)16-13-14(5-6-20(16)29-12-9-23)25-21(28)27-11-8-15-17(22)3-2-4-19(15)27/h2-7,10,13H,8-9,11-12,23H2,1H3,(H,25,28). The van der Waals surface area contributed by atoms with Crippen molar-refractivity contribution < 1.29 is 9.53 Å². The normalized spacial score (nSPS) is 12.7. The molecule has 7 nitrogen and oxygen atoms in total. The van der Waals surface area contributed by atoms with Crippen molar-refractivity contribution >= 4 is 29.0 Å². The van der Waals surface area contributed by atoms with E-state index >= 15 is 0 Å². The van der Waals surface area contributed by atoms with Crippen LogP contribution in [0.3, 0.4) is 0 Å². The molecule has 3 N–H and O–H groups in total. The lowest BCUT2D eigenvalue weighted by Gasteiger charge is -2.19. The molecule has 2 aromatic carbocycles. The van der Waals surface area contributed by atoms with Crippen LogP contribution in [0, 0.1) is 0 Å². The maximum Gasteiger partial charge on any atom is 0.326 e. The number of nitrogens with one attached hydrogen (secondary N) is 1. The first-order chi connectivity index (χ1) is 14.1. The van der Waals surface area contributed by atoms with Crippen LogP contribution < -0.4 is 20.7 Å². The number of halogens is 1. The van der Waals surface area contributed by atoms with Gasteiger partial charge in [0.25, 0.3) is 0 Å². The molecule has 0 radical (unpaired) electrons. The second-order valence-corrected chi connectivity index (χ2v) is 7.16. The molecule has 29 heavy (non-hydrogen) atoms. The molecule has 150 valence electrons. The zero-order chi connectivity index (χ0) is 20.4. The van der Waals surface area contributed by atoms with Crippen molar-refractivity contribution in [3.8, 4) is 17.0 Å². The average Bonchev–Trinajstić information content (AvgIpc) is 3.34. The van der Waals surface area contributed by atoms with Gasteiger partial charge in [0.15, 0.2) is 0 Å². The number of rotatable bonds is 5. The van der Waals surface area contributed by atoms with Crippen molar-refractivity contribution in [2.75, 3.05) is 29.9 Å². The zero-order valence-electron chi connectivity index (χ0n) is 16.1. The summed E-state index contributed by atoms with van der Waals surface area (Å²) in [5.74, 6) is 0.690. The van der Waals surface area contributed by atoms with Gasteiger partial charge < -0.3 is 15.8 Å². The maximum absolute atomic E-state index is 12.9. The molecule has 1 aliphatic rings. The van der Waals surface area contributed by atoms with Gasteiger partial charge in [-0.2, -0.15) is 5.10 Å². The number of nitrogens with zero attached hydrogens (tertiary/aromatic N) is 3. The van der Waals surface area contributed by atoms with Crippen molar-refractivity contribution in [1.82, 2.24) is 9.78 Å². The third-order valence-electron chi connectivity index (χ3n) is 4.92. The van der Waals surface area contributed by atoms with Crippen LogP contribution in [-0.2, 0) is 13.5 Å². The van der Waals surface area contributed by atoms with E-state index in [-0.39, 0.29) is 6.03 Å². The number of aryl methyl sites for hydroxylation is 1. The van der Waals surface area contributed by atoms with Crippen molar-refractivity contribution in [2.45, 2.75) is 6.42 Å². The van der Waals surface area contributed by atoms with E-state index in [4.69, 9.17) is 22.1 Å². The molecule has 0 saturated heterocycles. The van der Waals surface area contributed by atoms with Crippen LogP contribution in [0.25, 0.3) is 11.3 Å². The number of nitrogens with two attached hydrogens (primary N) is 1. The smallest absolute Gasteiger partial charge is 0.326 e. The molecule has 8 heteroatoms. The molecule has 0 aliphatic carbocycles. The van der Waals surface area contributed by atoms with Crippen molar-refractivity contribution in [3.63, 3.8) is 0 Å². The summed E-state index contributed by atoms with van der Waals surface area (Å²) in [6, 6.07) is 12.9. The Bertz CT molecular complexity index is 1050. The van der Waals surface area contributed by atoms with Gasteiger partial charge in [0.05, 0.1) is 11.4 Å². The highest BCUT2D eigenvalue weighted by atomic mass is 35.5. The minimum absolute atomic E-state index is 0.197. The Kier molecular flexibility index (Phi) is 5.42. The number of urea groups is 1. The summed E-state index contributed by atoms with van der Waals surface area (Å²) in [5, 5.41) is 7.91. The molecule has 3 aromatic rings. The number of fused-ring (bicyclic) bond motifs is 1. The molecule has 1 aromatic heterocycles. The Hall–Kier alpha value is -3.03. The van der Waals surface area contributed by atoms with E-state index in [1.54, 1.807) is 15.8 Å². The molecule has 0 bridgehead atoms. The van der Waals surface area contributed by atoms with Crippen LogP contribution in [0.1, 0.15) is 5.56 Å². The molecule has 0 atom stereocenters.